The fourth-order valence-corrected chi connectivity index (χ4v) is 20.6. The Bertz CT molecular complexity index is 6060. The molecule has 0 saturated heterocycles. The van der Waals surface area contributed by atoms with Crippen LogP contribution in [0.5, 0.6) is 0 Å². The Balaban J connectivity index is 0.830. The molecule has 0 bridgehead atoms. The van der Waals surface area contributed by atoms with Crippen LogP contribution in [-0.4, -0.2) is 0 Å². The van der Waals surface area contributed by atoms with Crippen LogP contribution in [0.15, 0.2) is 306 Å². The largest absolute Gasteiger partial charge is 0.456 e. The number of hydrogen-bond acceptors (Lipinski definition) is 3. The summed E-state index contributed by atoms with van der Waals surface area (Å²) in [5.74, 6) is 0. The Kier molecular flexibility index (Phi) is 14.0. The monoisotopic (exact) mass is 1340 g/mol. The van der Waals surface area contributed by atoms with E-state index in [0.717, 1.165) is 70.5 Å². The van der Waals surface area contributed by atoms with E-state index in [0.29, 0.717) is 0 Å². The topological polar surface area (TPSA) is 29.5 Å². The zero-order valence-electron chi connectivity index (χ0n) is 59.0. The lowest BCUT2D eigenvalue weighted by molar-refractivity contribution is 0.399. The predicted octanol–water partition coefficient (Wildman–Crippen LogP) is 28.0. The summed E-state index contributed by atoms with van der Waals surface area (Å²) in [4.78, 5) is 2.62. The Morgan fingerprint density at radius 1 is 0.260 bits per heavy atom. The van der Waals surface area contributed by atoms with Gasteiger partial charge >= 0.3 is 0 Å². The van der Waals surface area contributed by atoms with Gasteiger partial charge in [0.15, 0.2) is 0 Å². The van der Waals surface area contributed by atoms with Gasteiger partial charge in [0.05, 0.1) is 10.8 Å². The van der Waals surface area contributed by atoms with Crippen LogP contribution < -0.4 is 4.90 Å². The predicted molar refractivity (Wildman–Crippen MR) is 432 cm³/mol. The maximum Gasteiger partial charge on any atom is 0.143 e. The fourth-order valence-electron chi connectivity index (χ4n) is 20.6. The second-order valence-corrected chi connectivity index (χ2v) is 30.2. The first-order valence-corrected chi connectivity index (χ1v) is 38.3. The molecule has 0 fully saturated rings. The molecule has 0 aliphatic heterocycles. The third-order valence-corrected chi connectivity index (χ3v) is 25.0. The Hall–Kier alpha value is -11.5. The summed E-state index contributed by atoms with van der Waals surface area (Å²) in [5, 5.41) is 4.75. The van der Waals surface area contributed by atoms with Gasteiger partial charge in [0.2, 0.25) is 0 Å². The molecule has 2 spiro atoms. The zero-order chi connectivity index (χ0) is 68.8. The summed E-state index contributed by atoms with van der Waals surface area (Å²) < 4.78 is 14.1. The van der Waals surface area contributed by atoms with Crippen LogP contribution in [-0.2, 0) is 16.2 Å². The standard InChI is InChI=1S/C101H79NO2/c1-3-5-7-9-29-57-99(58-30-10-8-6-4-2)86-59-68(52-54-75(86)94-90(99)61-78(66-33-15-12-16-34-66)98-97(94)77-40-22-28-46-92(77)104-98)102(67-49-47-65(48-50-67)64-31-13-11-14-32-64)69-51-53-74-79-62-89-80(63-88(79)101(87(74)60-69)83-43-25-19-37-72(83)73-38-20-26-44-84(73)101)95-85(55-56-93-96(95)76-39-21-27-45-91(76)103-93)100(89)81-41-23-17-35-70(81)71-36-18-24-42-82(71)100/h11-28,31-56,59-63H,3-10,29-30,57-58H2,1-2H3. The number of fused-ring (bicyclic) bond motifs is 31. The van der Waals surface area contributed by atoms with Crippen LogP contribution >= 0.6 is 0 Å². The van der Waals surface area contributed by atoms with Crippen molar-refractivity contribution in [2.24, 2.45) is 0 Å². The molecule has 0 amide bonds. The van der Waals surface area contributed by atoms with Crippen LogP contribution in [0, 0.1) is 0 Å². The molecule has 104 heavy (non-hydrogen) atoms. The number of unbranched alkanes of at least 4 members (excludes halogenated alkanes) is 8. The van der Waals surface area contributed by atoms with Crippen LogP contribution in [0.1, 0.15) is 147 Å². The summed E-state index contributed by atoms with van der Waals surface area (Å²) in [6.07, 6.45) is 14.3. The molecule has 14 aromatic carbocycles. The van der Waals surface area contributed by atoms with Gasteiger partial charge in [-0.05, 0) is 214 Å². The van der Waals surface area contributed by atoms with E-state index < -0.39 is 10.8 Å². The van der Waals surface area contributed by atoms with Crippen LogP contribution in [0.3, 0.4) is 0 Å². The Morgan fingerprint density at radius 3 is 1.30 bits per heavy atom. The molecule has 21 rings (SSSR count). The minimum atomic E-state index is -0.695. The van der Waals surface area contributed by atoms with Crippen molar-refractivity contribution in [2.45, 2.75) is 107 Å². The lowest BCUT2D eigenvalue weighted by Crippen LogP contribution is -2.27. The second kappa shape index (κ2) is 23.8. The third kappa shape index (κ3) is 8.53. The molecule has 16 aromatic rings. The first kappa shape index (κ1) is 61.2. The number of furan rings is 2. The van der Waals surface area contributed by atoms with Gasteiger partial charge in [-0.25, -0.2) is 0 Å². The first-order valence-electron chi connectivity index (χ1n) is 38.3. The molecule has 3 nitrogen and oxygen atoms in total. The molecular weight excluding hydrogens is 1260 g/mol. The molecule has 0 atom stereocenters. The van der Waals surface area contributed by atoms with Crippen LogP contribution in [0.25, 0.3) is 122 Å². The maximum atomic E-state index is 7.17. The number of para-hydroxylation sites is 2. The zero-order valence-corrected chi connectivity index (χ0v) is 59.0. The van der Waals surface area contributed by atoms with Gasteiger partial charge in [-0.2, -0.15) is 0 Å². The van der Waals surface area contributed by atoms with Gasteiger partial charge in [0, 0.05) is 49.6 Å². The van der Waals surface area contributed by atoms with E-state index in [-0.39, 0.29) is 5.41 Å². The molecule has 3 heteroatoms. The first-order chi connectivity index (χ1) is 51.5. The van der Waals surface area contributed by atoms with Crippen molar-refractivity contribution in [2.75, 3.05) is 4.90 Å². The van der Waals surface area contributed by atoms with Crippen molar-refractivity contribution in [1.82, 2.24) is 0 Å². The molecule has 5 aliphatic rings. The van der Waals surface area contributed by atoms with Crippen LogP contribution in [0.2, 0.25) is 0 Å². The Morgan fingerprint density at radius 2 is 0.692 bits per heavy atom. The van der Waals surface area contributed by atoms with Crippen molar-refractivity contribution in [1.29, 1.82) is 0 Å². The van der Waals surface area contributed by atoms with E-state index in [9.17, 15) is 0 Å². The highest BCUT2D eigenvalue weighted by Gasteiger charge is 2.57. The second-order valence-electron chi connectivity index (χ2n) is 30.2. The molecule has 5 aliphatic carbocycles. The van der Waals surface area contributed by atoms with Gasteiger partial charge in [0.1, 0.15) is 22.3 Å². The molecule has 2 heterocycles. The molecule has 500 valence electrons. The summed E-state index contributed by atoms with van der Waals surface area (Å²) >= 11 is 0. The normalized spacial score (nSPS) is 14.4. The highest BCUT2D eigenvalue weighted by molar-refractivity contribution is 6.20. The number of benzene rings is 14. The summed E-state index contributed by atoms with van der Waals surface area (Å²) in [7, 11) is 0. The van der Waals surface area contributed by atoms with E-state index in [1.54, 1.807) is 0 Å². The van der Waals surface area contributed by atoms with Crippen molar-refractivity contribution in [3.8, 4) is 77.9 Å². The van der Waals surface area contributed by atoms with Gasteiger partial charge in [0.25, 0.3) is 0 Å². The van der Waals surface area contributed by atoms with Gasteiger partial charge in [-0.3, -0.25) is 0 Å². The van der Waals surface area contributed by atoms with E-state index >= 15 is 0 Å². The van der Waals surface area contributed by atoms with E-state index in [4.69, 9.17) is 8.83 Å². The van der Waals surface area contributed by atoms with E-state index in [1.165, 1.54) is 201 Å². The number of hydrogen-bond donors (Lipinski definition) is 0. The third-order valence-electron chi connectivity index (χ3n) is 25.0. The number of anilines is 3. The van der Waals surface area contributed by atoms with Crippen LogP contribution in [0.4, 0.5) is 17.1 Å². The summed E-state index contributed by atoms with van der Waals surface area (Å²) in [6.45, 7) is 4.68. The van der Waals surface area contributed by atoms with Crippen molar-refractivity contribution in [3.05, 3.63) is 353 Å². The smallest absolute Gasteiger partial charge is 0.143 e. The van der Waals surface area contributed by atoms with Crippen molar-refractivity contribution < 1.29 is 8.83 Å². The molecule has 0 radical (unpaired) electrons. The summed E-state index contributed by atoms with van der Waals surface area (Å²) in [5.41, 5.74) is 36.7. The lowest BCUT2D eigenvalue weighted by Gasteiger charge is -2.35. The lowest BCUT2D eigenvalue weighted by atomic mass is 9.68. The van der Waals surface area contributed by atoms with E-state index in [1.807, 2.05) is 0 Å². The fraction of sp³-hybridized carbons (Fsp3) is 0.168. The van der Waals surface area contributed by atoms with Gasteiger partial charge in [-0.1, -0.05) is 303 Å². The van der Waals surface area contributed by atoms with Gasteiger partial charge in [-0.15, -0.1) is 0 Å². The molecular formula is C101H79NO2. The minimum absolute atomic E-state index is 0.274. The quantitative estimate of drug-likeness (QED) is 0.0851. The minimum Gasteiger partial charge on any atom is -0.456 e. The Labute approximate surface area is 608 Å². The van der Waals surface area contributed by atoms with Gasteiger partial charge < -0.3 is 13.7 Å². The average molecular weight is 1340 g/mol. The SMILES string of the molecule is CCCCCCCC1(CCCCCCC)c2cc(N(c3ccc(-c4ccccc4)cc3)c3ccc4c(c3)C3(c5ccccc5-c5ccccc53)c3cc5c(cc3-4)C3(c4ccccc4-c4ccccc43)c3ccc4oc6ccccc6c4c3-5)ccc2-c2c1cc(-c1ccccc1)c1oc3ccccc3c21. The number of rotatable bonds is 17. The highest BCUT2D eigenvalue weighted by atomic mass is 16.3. The number of nitrogens with zero attached hydrogens (tertiary/aromatic N) is 1. The maximum absolute atomic E-state index is 7.17. The molecule has 0 unspecified atom stereocenters. The van der Waals surface area contributed by atoms with Crippen molar-refractivity contribution >= 4 is 60.9 Å². The average Bonchev–Trinajstić information content (AvgIpc) is 1.48. The molecule has 0 saturated carbocycles. The van der Waals surface area contributed by atoms with E-state index in [2.05, 4.69) is 316 Å². The highest BCUT2D eigenvalue weighted by Crippen LogP contribution is 2.70. The molecule has 2 aromatic heterocycles. The molecule has 0 N–H and O–H groups in total. The summed E-state index contributed by atoms with van der Waals surface area (Å²) in [6, 6.07) is 114. The van der Waals surface area contributed by atoms with Crippen molar-refractivity contribution in [3.63, 3.8) is 0 Å².